The van der Waals surface area contributed by atoms with Gasteiger partial charge in [0.25, 0.3) is 0 Å². The molecular formula is C16H25FN2O2. The second kappa shape index (κ2) is 7.82. The number of aliphatic hydroxyl groups excluding tert-OH is 1. The van der Waals surface area contributed by atoms with E-state index in [0.29, 0.717) is 5.69 Å². The zero-order chi connectivity index (χ0) is 15.2. The number of halogens is 1. The van der Waals surface area contributed by atoms with Crippen molar-refractivity contribution in [2.45, 2.75) is 25.9 Å². The van der Waals surface area contributed by atoms with Crippen LogP contribution in [0, 0.1) is 17.7 Å². The average molecular weight is 296 g/mol. The molecule has 0 aromatic carbocycles. The molecule has 1 saturated carbocycles. The van der Waals surface area contributed by atoms with E-state index >= 15 is 0 Å². The topological polar surface area (TPSA) is 45.6 Å². The number of hydrogen-bond acceptors (Lipinski definition) is 4. The third-order valence-electron chi connectivity index (χ3n) is 3.86. The molecule has 0 bridgehead atoms. The molecule has 118 valence electrons. The summed E-state index contributed by atoms with van der Waals surface area (Å²) in [6.45, 7) is 5.17. The molecule has 1 fully saturated rings. The summed E-state index contributed by atoms with van der Waals surface area (Å²) in [7, 11) is 2.02. The Kier molecular flexibility index (Phi) is 6.08. The van der Waals surface area contributed by atoms with Crippen LogP contribution in [0.5, 0.6) is 0 Å². The van der Waals surface area contributed by atoms with Gasteiger partial charge in [0.15, 0.2) is 0 Å². The second-order valence-corrected chi connectivity index (χ2v) is 6.10. The predicted octanol–water partition coefficient (Wildman–Crippen LogP) is 2.25. The number of ether oxygens (including phenoxy) is 1. The maximum atomic E-state index is 12.8. The highest BCUT2D eigenvalue weighted by Crippen LogP contribution is 2.28. The van der Waals surface area contributed by atoms with Crippen molar-refractivity contribution in [2.24, 2.45) is 11.8 Å². The monoisotopic (exact) mass is 296 g/mol. The first kappa shape index (κ1) is 16.3. The number of hydrogen-bond donors (Lipinski definition) is 1. The third kappa shape index (κ3) is 5.69. The van der Waals surface area contributed by atoms with Gasteiger partial charge in [-0.2, -0.15) is 0 Å². The summed E-state index contributed by atoms with van der Waals surface area (Å²) in [6, 6.07) is 2.86. The maximum Gasteiger partial charge on any atom is 0.141 e. The number of aliphatic hydroxyl groups is 1. The molecule has 2 atom stereocenters. The lowest BCUT2D eigenvalue weighted by molar-refractivity contribution is 0.0702. The van der Waals surface area contributed by atoms with Gasteiger partial charge in [-0.1, -0.05) is 6.92 Å². The van der Waals surface area contributed by atoms with Crippen LogP contribution in [0.3, 0.4) is 0 Å². The number of pyridine rings is 1. The Morgan fingerprint density at radius 2 is 2.24 bits per heavy atom. The largest absolute Gasteiger partial charge is 0.386 e. The standard InChI is InChI=1S/C16H25FN2O2/c1-12(16(20)15-6-5-14(17)9-18-15)10-19(2)7-8-21-11-13-3-4-13/h5-6,9,12-13,16,20H,3-4,7-8,10-11H2,1-2H3. The van der Waals surface area contributed by atoms with Gasteiger partial charge in [-0.15, -0.1) is 0 Å². The summed E-state index contributed by atoms with van der Waals surface area (Å²) in [6.07, 6.45) is 3.08. The Balaban J connectivity index is 1.68. The van der Waals surface area contributed by atoms with E-state index < -0.39 is 6.10 Å². The van der Waals surface area contributed by atoms with Crippen LogP contribution in [-0.2, 0) is 4.74 Å². The molecule has 1 aliphatic carbocycles. The van der Waals surface area contributed by atoms with Crippen LogP contribution in [-0.4, -0.2) is 48.3 Å². The minimum absolute atomic E-state index is 0.0244. The van der Waals surface area contributed by atoms with Crippen LogP contribution in [0.25, 0.3) is 0 Å². The molecule has 0 radical (unpaired) electrons. The van der Waals surface area contributed by atoms with Crippen molar-refractivity contribution in [3.63, 3.8) is 0 Å². The fraction of sp³-hybridized carbons (Fsp3) is 0.688. The fourth-order valence-corrected chi connectivity index (χ4v) is 2.29. The first-order valence-electron chi connectivity index (χ1n) is 7.62. The highest BCUT2D eigenvalue weighted by molar-refractivity contribution is 5.08. The average Bonchev–Trinajstić information content (AvgIpc) is 3.28. The fourth-order valence-electron chi connectivity index (χ4n) is 2.29. The van der Waals surface area contributed by atoms with Gasteiger partial charge < -0.3 is 14.7 Å². The van der Waals surface area contributed by atoms with Gasteiger partial charge in [0, 0.05) is 25.6 Å². The molecule has 0 saturated heterocycles. The van der Waals surface area contributed by atoms with Gasteiger partial charge in [0.05, 0.1) is 24.6 Å². The molecule has 21 heavy (non-hydrogen) atoms. The minimum atomic E-state index is -0.680. The van der Waals surface area contributed by atoms with Crippen LogP contribution in [0.15, 0.2) is 18.3 Å². The Morgan fingerprint density at radius 3 is 2.86 bits per heavy atom. The zero-order valence-electron chi connectivity index (χ0n) is 12.8. The number of rotatable bonds is 9. The normalized spacial score (nSPS) is 18.0. The molecule has 1 heterocycles. The zero-order valence-corrected chi connectivity index (χ0v) is 12.8. The SMILES string of the molecule is CC(CN(C)CCOCC1CC1)C(O)c1ccc(F)cn1. The van der Waals surface area contributed by atoms with Gasteiger partial charge in [-0.3, -0.25) is 4.98 Å². The molecule has 0 aliphatic heterocycles. The Morgan fingerprint density at radius 1 is 1.48 bits per heavy atom. The summed E-state index contributed by atoms with van der Waals surface area (Å²) in [5, 5.41) is 10.2. The quantitative estimate of drug-likeness (QED) is 0.710. The summed E-state index contributed by atoms with van der Waals surface area (Å²) in [5.74, 6) is 0.431. The molecular weight excluding hydrogens is 271 g/mol. The first-order valence-corrected chi connectivity index (χ1v) is 7.62. The maximum absolute atomic E-state index is 12.8. The molecule has 1 N–H and O–H groups in total. The lowest BCUT2D eigenvalue weighted by Crippen LogP contribution is -2.30. The van der Waals surface area contributed by atoms with Crippen molar-refractivity contribution < 1.29 is 14.2 Å². The predicted molar refractivity (Wildman–Crippen MR) is 79.4 cm³/mol. The van der Waals surface area contributed by atoms with Crippen LogP contribution >= 0.6 is 0 Å². The van der Waals surface area contributed by atoms with E-state index in [9.17, 15) is 9.50 Å². The van der Waals surface area contributed by atoms with E-state index in [-0.39, 0.29) is 11.7 Å². The van der Waals surface area contributed by atoms with E-state index in [1.807, 2.05) is 14.0 Å². The molecule has 0 spiro atoms. The lowest BCUT2D eigenvalue weighted by atomic mass is 10.0. The van der Waals surface area contributed by atoms with E-state index in [0.717, 1.165) is 38.4 Å². The highest BCUT2D eigenvalue weighted by atomic mass is 19.1. The van der Waals surface area contributed by atoms with Crippen molar-refractivity contribution in [1.29, 1.82) is 0 Å². The van der Waals surface area contributed by atoms with Crippen molar-refractivity contribution in [3.05, 3.63) is 29.8 Å². The van der Waals surface area contributed by atoms with E-state index in [4.69, 9.17) is 4.74 Å². The summed E-state index contributed by atoms with van der Waals surface area (Å²) >= 11 is 0. The molecule has 2 rings (SSSR count). The molecule has 2 unspecified atom stereocenters. The molecule has 1 aromatic rings. The third-order valence-corrected chi connectivity index (χ3v) is 3.86. The van der Waals surface area contributed by atoms with Crippen LogP contribution in [0.4, 0.5) is 4.39 Å². The van der Waals surface area contributed by atoms with Crippen LogP contribution in [0.1, 0.15) is 31.6 Å². The van der Waals surface area contributed by atoms with E-state index in [1.165, 1.54) is 25.0 Å². The van der Waals surface area contributed by atoms with Crippen LogP contribution in [0.2, 0.25) is 0 Å². The second-order valence-electron chi connectivity index (χ2n) is 6.10. The molecule has 4 nitrogen and oxygen atoms in total. The van der Waals surface area contributed by atoms with Crippen molar-refractivity contribution in [1.82, 2.24) is 9.88 Å². The van der Waals surface area contributed by atoms with Gasteiger partial charge in [0.2, 0.25) is 0 Å². The summed E-state index contributed by atoms with van der Waals surface area (Å²) in [5.41, 5.74) is 0.516. The molecule has 5 heteroatoms. The molecule has 1 aliphatic rings. The van der Waals surface area contributed by atoms with Gasteiger partial charge in [-0.05, 0) is 37.9 Å². The van der Waals surface area contributed by atoms with Crippen molar-refractivity contribution >= 4 is 0 Å². The van der Waals surface area contributed by atoms with Gasteiger partial charge in [-0.25, -0.2) is 4.39 Å². The van der Waals surface area contributed by atoms with E-state index in [1.54, 1.807) is 0 Å². The minimum Gasteiger partial charge on any atom is -0.386 e. The van der Waals surface area contributed by atoms with Crippen molar-refractivity contribution in [3.8, 4) is 0 Å². The Bertz CT molecular complexity index is 423. The van der Waals surface area contributed by atoms with Gasteiger partial charge >= 0.3 is 0 Å². The van der Waals surface area contributed by atoms with Crippen LogP contribution < -0.4 is 0 Å². The highest BCUT2D eigenvalue weighted by Gasteiger charge is 2.21. The van der Waals surface area contributed by atoms with Crippen molar-refractivity contribution in [2.75, 3.05) is 33.4 Å². The lowest BCUT2D eigenvalue weighted by Gasteiger charge is -2.24. The smallest absolute Gasteiger partial charge is 0.141 e. The summed E-state index contributed by atoms with van der Waals surface area (Å²) in [4.78, 5) is 6.08. The molecule has 1 aromatic heterocycles. The number of nitrogens with zero attached hydrogens (tertiary/aromatic N) is 2. The van der Waals surface area contributed by atoms with E-state index in [2.05, 4.69) is 9.88 Å². The Hall–Kier alpha value is -1.04. The Labute approximate surface area is 125 Å². The summed E-state index contributed by atoms with van der Waals surface area (Å²) < 4.78 is 18.4. The molecule has 0 amide bonds. The number of likely N-dealkylation sites (N-methyl/N-ethyl adjacent to an activating group) is 1. The number of aromatic nitrogens is 1. The first-order chi connectivity index (χ1) is 10.1. The van der Waals surface area contributed by atoms with Gasteiger partial charge in [0.1, 0.15) is 5.82 Å².